The normalized spacial score (nSPS) is 32.1. The van der Waals surface area contributed by atoms with Gasteiger partial charge in [-0.3, -0.25) is 4.90 Å². The zero-order valence-electron chi connectivity index (χ0n) is 8.76. The molecule has 3 nitrogen and oxygen atoms in total. The predicted molar refractivity (Wildman–Crippen MR) is 60.5 cm³/mol. The third kappa shape index (κ3) is 1.79. The van der Waals surface area contributed by atoms with Crippen LogP contribution in [0.1, 0.15) is 12.8 Å². The summed E-state index contributed by atoms with van der Waals surface area (Å²) < 4.78 is 0. The summed E-state index contributed by atoms with van der Waals surface area (Å²) in [6, 6.07) is 5.90. The zero-order chi connectivity index (χ0) is 10.1. The van der Waals surface area contributed by atoms with E-state index in [1.165, 1.54) is 31.6 Å². The molecule has 0 amide bonds. The van der Waals surface area contributed by atoms with Gasteiger partial charge in [0.05, 0.1) is 0 Å². The lowest BCUT2D eigenvalue weighted by molar-refractivity contribution is 0.200. The fourth-order valence-corrected chi connectivity index (χ4v) is 2.48. The summed E-state index contributed by atoms with van der Waals surface area (Å²) in [5.74, 6) is 1.58. The molecule has 0 unspecified atom stereocenters. The largest absolute Gasteiger partial charge is 0.298 e. The fraction of sp³-hybridized carbons (Fsp3) is 0.500. The first kappa shape index (κ1) is 9.04. The molecule has 15 heavy (non-hydrogen) atoms. The summed E-state index contributed by atoms with van der Waals surface area (Å²) in [6.45, 7) is 3.57. The molecular formula is C12H15N3. The quantitative estimate of drug-likeness (QED) is 0.694. The summed E-state index contributed by atoms with van der Waals surface area (Å²) in [6.07, 6.45) is 4.37. The Morgan fingerprint density at radius 1 is 1.27 bits per heavy atom. The van der Waals surface area contributed by atoms with Crippen LogP contribution in [0.3, 0.4) is 0 Å². The average Bonchev–Trinajstić information content (AvgIpc) is 2.32. The lowest BCUT2D eigenvalue weighted by Crippen LogP contribution is -2.47. The van der Waals surface area contributed by atoms with Crippen molar-refractivity contribution < 1.29 is 0 Å². The van der Waals surface area contributed by atoms with Gasteiger partial charge in [-0.25, -0.2) is 9.98 Å². The van der Waals surface area contributed by atoms with E-state index >= 15 is 0 Å². The predicted octanol–water partition coefficient (Wildman–Crippen LogP) is 1.88. The zero-order valence-corrected chi connectivity index (χ0v) is 8.76. The van der Waals surface area contributed by atoms with Crippen molar-refractivity contribution in [3.63, 3.8) is 0 Å². The highest BCUT2D eigenvalue weighted by atomic mass is 15.2. The van der Waals surface area contributed by atoms with Crippen molar-refractivity contribution in [2.75, 3.05) is 19.6 Å². The Balaban J connectivity index is 1.85. The van der Waals surface area contributed by atoms with Gasteiger partial charge in [-0.05, 0) is 38.1 Å². The van der Waals surface area contributed by atoms with Gasteiger partial charge in [0.1, 0.15) is 0 Å². The molecule has 0 N–H and O–H groups in total. The van der Waals surface area contributed by atoms with E-state index in [0.29, 0.717) is 0 Å². The highest BCUT2D eigenvalue weighted by molar-refractivity contribution is 5.91. The van der Waals surface area contributed by atoms with Gasteiger partial charge in [0.15, 0.2) is 5.82 Å². The second-order valence-corrected chi connectivity index (χ2v) is 4.34. The third-order valence-electron chi connectivity index (χ3n) is 3.35. The molecule has 0 aromatic carbocycles. The smallest absolute Gasteiger partial charge is 0.151 e. The van der Waals surface area contributed by atoms with Crippen LogP contribution in [0.15, 0.2) is 29.4 Å². The van der Waals surface area contributed by atoms with Gasteiger partial charge in [0.25, 0.3) is 0 Å². The lowest BCUT2D eigenvalue weighted by atomic mass is 9.86. The van der Waals surface area contributed by atoms with Crippen LogP contribution in [-0.4, -0.2) is 35.2 Å². The number of aliphatic imine (C=N–C) groups is 1. The molecule has 0 radical (unpaired) electrons. The Hall–Kier alpha value is -1.22. The molecule has 4 rings (SSSR count). The van der Waals surface area contributed by atoms with E-state index in [4.69, 9.17) is 0 Å². The Morgan fingerprint density at radius 2 is 2.13 bits per heavy atom. The Bertz CT molecular complexity index is 364. The van der Waals surface area contributed by atoms with Gasteiger partial charge < -0.3 is 0 Å². The molecule has 78 valence electrons. The number of hydrogen-bond donors (Lipinski definition) is 0. The molecule has 3 aliphatic rings. The maximum atomic E-state index is 4.66. The fourth-order valence-electron chi connectivity index (χ4n) is 2.48. The Labute approximate surface area is 89.8 Å². The van der Waals surface area contributed by atoms with Crippen LogP contribution >= 0.6 is 0 Å². The SMILES string of the molecule is c1ccc(/N=C2/CN3CCC2CC3)nc1. The Morgan fingerprint density at radius 3 is 2.73 bits per heavy atom. The van der Waals surface area contributed by atoms with E-state index in [9.17, 15) is 0 Å². The summed E-state index contributed by atoms with van der Waals surface area (Å²) in [4.78, 5) is 11.4. The molecule has 3 aliphatic heterocycles. The Kier molecular flexibility index (Phi) is 2.25. The van der Waals surface area contributed by atoms with Crippen LogP contribution in [0, 0.1) is 5.92 Å². The van der Waals surface area contributed by atoms with E-state index in [1.807, 2.05) is 18.2 Å². The number of fused-ring (bicyclic) bond motifs is 3. The third-order valence-corrected chi connectivity index (χ3v) is 3.35. The first-order chi connectivity index (χ1) is 7.42. The second kappa shape index (κ2) is 3.74. The molecule has 1 aromatic rings. The minimum absolute atomic E-state index is 0.719. The van der Waals surface area contributed by atoms with Crippen LogP contribution < -0.4 is 0 Å². The van der Waals surface area contributed by atoms with Crippen LogP contribution in [0.4, 0.5) is 5.82 Å². The first-order valence-electron chi connectivity index (χ1n) is 5.63. The van der Waals surface area contributed by atoms with Gasteiger partial charge in [0.2, 0.25) is 0 Å². The van der Waals surface area contributed by atoms with Crippen molar-refractivity contribution in [3.8, 4) is 0 Å². The maximum absolute atomic E-state index is 4.66. The topological polar surface area (TPSA) is 28.5 Å². The molecule has 2 bridgehead atoms. The van der Waals surface area contributed by atoms with Crippen LogP contribution in [0.5, 0.6) is 0 Å². The maximum Gasteiger partial charge on any atom is 0.151 e. The molecule has 3 saturated heterocycles. The van der Waals surface area contributed by atoms with Gasteiger partial charge in [0, 0.05) is 24.4 Å². The van der Waals surface area contributed by atoms with Crippen molar-refractivity contribution in [2.24, 2.45) is 10.9 Å². The second-order valence-electron chi connectivity index (χ2n) is 4.34. The highest BCUT2D eigenvalue weighted by Gasteiger charge is 2.30. The van der Waals surface area contributed by atoms with Gasteiger partial charge in [-0.2, -0.15) is 0 Å². The molecule has 0 atom stereocenters. The van der Waals surface area contributed by atoms with Crippen molar-refractivity contribution >= 4 is 11.5 Å². The van der Waals surface area contributed by atoms with Gasteiger partial charge in [-0.1, -0.05) is 6.07 Å². The minimum atomic E-state index is 0.719. The van der Waals surface area contributed by atoms with E-state index in [-0.39, 0.29) is 0 Å². The van der Waals surface area contributed by atoms with Crippen LogP contribution in [0.2, 0.25) is 0 Å². The number of pyridine rings is 1. The molecule has 4 heterocycles. The number of rotatable bonds is 1. The summed E-state index contributed by atoms with van der Waals surface area (Å²) in [5.41, 5.74) is 1.34. The average molecular weight is 201 g/mol. The van der Waals surface area contributed by atoms with E-state index in [1.54, 1.807) is 6.20 Å². The summed E-state index contributed by atoms with van der Waals surface area (Å²) in [5, 5.41) is 0. The van der Waals surface area contributed by atoms with Crippen molar-refractivity contribution in [2.45, 2.75) is 12.8 Å². The van der Waals surface area contributed by atoms with E-state index in [0.717, 1.165) is 18.3 Å². The first-order valence-corrected chi connectivity index (χ1v) is 5.63. The van der Waals surface area contributed by atoms with Crippen LogP contribution in [0.25, 0.3) is 0 Å². The summed E-state index contributed by atoms with van der Waals surface area (Å²) >= 11 is 0. The lowest BCUT2D eigenvalue weighted by Gasteiger charge is -2.39. The number of aromatic nitrogens is 1. The number of piperidine rings is 3. The van der Waals surface area contributed by atoms with E-state index in [2.05, 4.69) is 14.9 Å². The van der Waals surface area contributed by atoms with E-state index < -0.39 is 0 Å². The monoisotopic (exact) mass is 201 g/mol. The van der Waals surface area contributed by atoms with Crippen LogP contribution in [-0.2, 0) is 0 Å². The van der Waals surface area contributed by atoms with Gasteiger partial charge in [-0.15, -0.1) is 0 Å². The molecule has 0 spiro atoms. The summed E-state index contributed by atoms with van der Waals surface area (Å²) in [7, 11) is 0. The van der Waals surface area contributed by atoms with Crippen molar-refractivity contribution in [1.29, 1.82) is 0 Å². The highest BCUT2D eigenvalue weighted by Crippen LogP contribution is 2.26. The van der Waals surface area contributed by atoms with Crippen molar-refractivity contribution in [3.05, 3.63) is 24.4 Å². The molecular weight excluding hydrogens is 186 g/mol. The molecule has 0 aliphatic carbocycles. The number of nitrogens with zero attached hydrogens (tertiary/aromatic N) is 3. The minimum Gasteiger partial charge on any atom is -0.298 e. The standard InChI is InChI=1S/C12H15N3/c1-2-6-13-12(3-1)14-11-9-15-7-4-10(11)5-8-15/h1-3,6,10H,4-5,7-9H2/b14-11-. The van der Waals surface area contributed by atoms with Crippen molar-refractivity contribution in [1.82, 2.24) is 9.88 Å². The molecule has 0 saturated carbocycles. The molecule has 3 fully saturated rings. The molecule has 3 heteroatoms. The molecule has 1 aromatic heterocycles. The van der Waals surface area contributed by atoms with Gasteiger partial charge >= 0.3 is 0 Å². The number of hydrogen-bond acceptors (Lipinski definition) is 3.